The summed E-state index contributed by atoms with van der Waals surface area (Å²) in [5.74, 6) is -0.580. The number of amides is 1. The molecule has 0 spiro atoms. The summed E-state index contributed by atoms with van der Waals surface area (Å²) >= 11 is 0. The van der Waals surface area contributed by atoms with Gasteiger partial charge in [0, 0.05) is 39.2 Å². The number of hydrogen-bond acceptors (Lipinski definition) is 6. The second-order valence-corrected chi connectivity index (χ2v) is 16.6. The fraction of sp³-hybridized carbons (Fsp3) is 0.759. The number of carbonyl (C=O) groups excluding carboxylic acids is 1. The molecule has 3 saturated heterocycles. The molecule has 41 heavy (non-hydrogen) atoms. The van der Waals surface area contributed by atoms with E-state index in [0.29, 0.717) is 69.8 Å². The molecule has 4 rings (SSSR count). The first-order valence-electron chi connectivity index (χ1n) is 14.9. The summed E-state index contributed by atoms with van der Waals surface area (Å²) in [6, 6.07) is 3.70. The highest BCUT2D eigenvalue weighted by Gasteiger charge is 2.33. The van der Waals surface area contributed by atoms with Crippen LogP contribution >= 0.6 is 0 Å². The third-order valence-corrected chi connectivity index (χ3v) is 13.1. The molecule has 0 radical (unpaired) electrons. The van der Waals surface area contributed by atoms with E-state index in [1.165, 1.54) is 29.6 Å². The number of nitrogens with zero attached hydrogens (tertiary/aromatic N) is 3. The fourth-order valence-electron chi connectivity index (χ4n) is 6.92. The van der Waals surface area contributed by atoms with E-state index in [9.17, 15) is 30.4 Å². The predicted octanol–water partition coefficient (Wildman–Crippen LogP) is 3.64. The number of piperidine rings is 3. The average molecular weight is 618 g/mol. The van der Waals surface area contributed by atoms with Crippen molar-refractivity contribution in [2.45, 2.75) is 69.5 Å². The van der Waals surface area contributed by atoms with Crippen LogP contribution in [0.2, 0.25) is 0 Å². The molecule has 1 aromatic carbocycles. The molecule has 3 aliphatic rings. The van der Waals surface area contributed by atoms with Gasteiger partial charge >= 0.3 is 0 Å². The molecule has 8 nitrogen and oxygen atoms in total. The van der Waals surface area contributed by atoms with Crippen LogP contribution in [0, 0.1) is 23.5 Å². The zero-order valence-corrected chi connectivity index (χ0v) is 25.9. The van der Waals surface area contributed by atoms with Gasteiger partial charge in [-0.15, -0.1) is 0 Å². The molecule has 0 aromatic heterocycles. The van der Waals surface area contributed by atoms with E-state index in [1.807, 2.05) is 0 Å². The van der Waals surface area contributed by atoms with Crippen molar-refractivity contribution < 1.29 is 30.4 Å². The molecule has 3 aliphatic heterocycles. The first-order chi connectivity index (χ1) is 19.3. The zero-order chi connectivity index (χ0) is 29.8. The van der Waals surface area contributed by atoms with Crippen molar-refractivity contribution in [2.24, 2.45) is 11.8 Å². The summed E-state index contributed by atoms with van der Waals surface area (Å²) in [4.78, 5) is 15.6. The van der Waals surface area contributed by atoms with E-state index >= 15 is 0 Å². The molecule has 232 valence electrons. The van der Waals surface area contributed by atoms with Crippen LogP contribution in [0.1, 0.15) is 69.8 Å². The molecule has 0 saturated carbocycles. The predicted molar refractivity (Wildman–Crippen MR) is 156 cm³/mol. The minimum atomic E-state index is -3.26. The van der Waals surface area contributed by atoms with Crippen LogP contribution in [0.3, 0.4) is 0 Å². The summed E-state index contributed by atoms with van der Waals surface area (Å²) in [5, 5.41) is -0.355. The summed E-state index contributed by atoms with van der Waals surface area (Å²) in [7, 11) is -6.44. The largest absolute Gasteiger partial charge is 0.343 e. The summed E-state index contributed by atoms with van der Waals surface area (Å²) < 4.78 is 79.6. The lowest BCUT2D eigenvalue weighted by molar-refractivity contribution is -0.129. The Labute approximate surface area is 244 Å². The number of sulfonamides is 1. The summed E-state index contributed by atoms with van der Waals surface area (Å²) in [5.41, 5.74) is 0.634. The van der Waals surface area contributed by atoms with Crippen molar-refractivity contribution in [2.75, 3.05) is 57.8 Å². The Bertz CT molecular complexity index is 1230. The van der Waals surface area contributed by atoms with Crippen molar-refractivity contribution in [3.63, 3.8) is 0 Å². The third-order valence-electron chi connectivity index (χ3n) is 9.52. The first kappa shape index (κ1) is 32.3. The van der Waals surface area contributed by atoms with Gasteiger partial charge in [-0.1, -0.05) is 0 Å². The highest BCUT2D eigenvalue weighted by Crippen LogP contribution is 2.37. The smallest absolute Gasteiger partial charge is 0.219 e. The highest BCUT2D eigenvalue weighted by atomic mass is 32.2. The summed E-state index contributed by atoms with van der Waals surface area (Å²) in [6.45, 7) is 5.87. The maximum Gasteiger partial charge on any atom is 0.219 e. The van der Waals surface area contributed by atoms with Gasteiger partial charge in [0.05, 0.1) is 17.3 Å². The SMILES string of the molecule is CC(=O)N1CCC(S(=O)(=O)CCC2CCN(CCC(c3cc(F)cc(F)c3)C3CCN(S(C)(=O)=O)CC3)CC2)CC1. The van der Waals surface area contributed by atoms with E-state index in [-0.39, 0.29) is 28.7 Å². The lowest BCUT2D eigenvalue weighted by Crippen LogP contribution is -2.42. The quantitative estimate of drug-likeness (QED) is 0.398. The van der Waals surface area contributed by atoms with Crippen molar-refractivity contribution in [3.8, 4) is 0 Å². The monoisotopic (exact) mass is 617 g/mol. The Kier molecular flexibility index (Phi) is 10.8. The van der Waals surface area contributed by atoms with E-state index in [2.05, 4.69) is 4.90 Å². The molecule has 1 unspecified atom stereocenters. The highest BCUT2D eigenvalue weighted by molar-refractivity contribution is 7.92. The number of benzene rings is 1. The van der Waals surface area contributed by atoms with Gasteiger partial charge in [-0.25, -0.2) is 29.9 Å². The lowest BCUT2D eigenvalue weighted by Gasteiger charge is -2.37. The van der Waals surface area contributed by atoms with Gasteiger partial charge in [0.1, 0.15) is 11.6 Å². The van der Waals surface area contributed by atoms with Crippen LogP contribution in [-0.2, 0) is 24.7 Å². The van der Waals surface area contributed by atoms with Crippen molar-refractivity contribution in [3.05, 3.63) is 35.4 Å². The number of rotatable bonds is 10. The van der Waals surface area contributed by atoms with Gasteiger partial charge in [0.25, 0.3) is 0 Å². The van der Waals surface area contributed by atoms with E-state index < -0.39 is 31.5 Å². The Morgan fingerprint density at radius 1 is 0.878 bits per heavy atom. The van der Waals surface area contributed by atoms with Crippen LogP contribution in [0.25, 0.3) is 0 Å². The van der Waals surface area contributed by atoms with Crippen LogP contribution in [0.15, 0.2) is 18.2 Å². The second-order valence-electron chi connectivity index (χ2n) is 12.2. The average Bonchev–Trinajstić information content (AvgIpc) is 2.92. The zero-order valence-electron chi connectivity index (χ0n) is 24.3. The molecule has 0 bridgehead atoms. The van der Waals surface area contributed by atoms with Crippen LogP contribution < -0.4 is 0 Å². The third kappa shape index (κ3) is 8.93. The normalized spacial score (nSPS) is 22.2. The molecule has 1 amide bonds. The molecule has 3 heterocycles. The molecule has 1 aromatic rings. The molecule has 0 aliphatic carbocycles. The Hall–Kier alpha value is -1.63. The van der Waals surface area contributed by atoms with Crippen molar-refractivity contribution in [1.82, 2.24) is 14.1 Å². The minimum absolute atomic E-state index is 0.000597. The summed E-state index contributed by atoms with van der Waals surface area (Å²) in [6.07, 6.45) is 6.78. The van der Waals surface area contributed by atoms with E-state index in [0.717, 1.165) is 45.0 Å². The maximum absolute atomic E-state index is 14.1. The number of sulfone groups is 1. The van der Waals surface area contributed by atoms with E-state index in [1.54, 1.807) is 4.90 Å². The van der Waals surface area contributed by atoms with Gasteiger partial charge in [0.2, 0.25) is 15.9 Å². The Morgan fingerprint density at radius 2 is 1.46 bits per heavy atom. The first-order valence-corrected chi connectivity index (χ1v) is 18.5. The van der Waals surface area contributed by atoms with Crippen LogP contribution in [0.5, 0.6) is 0 Å². The number of halogens is 2. The van der Waals surface area contributed by atoms with Crippen LogP contribution in [0.4, 0.5) is 8.78 Å². The van der Waals surface area contributed by atoms with Crippen LogP contribution in [-0.4, -0.2) is 99.9 Å². The number of carbonyl (C=O) groups is 1. The molecule has 0 N–H and O–H groups in total. The van der Waals surface area contributed by atoms with Gasteiger partial charge in [0.15, 0.2) is 9.84 Å². The van der Waals surface area contributed by atoms with Gasteiger partial charge < -0.3 is 9.80 Å². The fourth-order valence-corrected chi connectivity index (χ4v) is 9.72. The van der Waals surface area contributed by atoms with E-state index in [4.69, 9.17) is 0 Å². The van der Waals surface area contributed by atoms with Gasteiger partial charge in [-0.05, 0) is 106 Å². The standard InChI is InChI=1S/C29H45F2N3O5S2/c1-22(35)33-14-7-28(8-15-33)41(38,39)18-10-23-3-11-32(12-4-23)13-9-29(25-19-26(30)21-27(31)20-25)24-5-16-34(17-6-24)40(2,36)37/h19-21,23-24,28-29H,3-18H2,1-2H3. The minimum Gasteiger partial charge on any atom is -0.343 e. The lowest BCUT2D eigenvalue weighted by atomic mass is 9.78. The molecular weight excluding hydrogens is 572 g/mol. The topological polar surface area (TPSA) is 95.1 Å². The van der Waals surface area contributed by atoms with Crippen molar-refractivity contribution in [1.29, 1.82) is 0 Å². The number of hydrogen-bond donors (Lipinski definition) is 0. The molecule has 12 heteroatoms. The van der Waals surface area contributed by atoms with Crippen molar-refractivity contribution >= 4 is 25.8 Å². The molecule has 3 fully saturated rings. The molecule has 1 atom stereocenters. The molecular formula is C29H45F2N3O5S2. The van der Waals surface area contributed by atoms with Gasteiger partial charge in [-0.2, -0.15) is 0 Å². The second kappa shape index (κ2) is 13.8. The number of likely N-dealkylation sites (tertiary alicyclic amines) is 2. The van der Waals surface area contributed by atoms with Gasteiger partial charge in [-0.3, -0.25) is 4.79 Å². The Balaban J connectivity index is 1.27. The Morgan fingerprint density at radius 3 is 2.00 bits per heavy atom. The maximum atomic E-state index is 14.1.